The molecule has 0 bridgehead atoms. The van der Waals surface area contributed by atoms with E-state index in [1.54, 1.807) is 18.2 Å². The monoisotopic (exact) mass is 483 g/mol. The molecule has 0 saturated carbocycles. The highest BCUT2D eigenvalue weighted by Crippen LogP contribution is 2.32. The predicted octanol–water partition coefficient (Wildman–Crippen LogP) is 4.39. The Morgan fingerprint density at radius 2 is 1.72 bits per heavy atom. The van der Waals surface area contributed by atoms with Gasteiger partial charge >= 0.3 is 5.69 Å². The van der Waals surface area contributed by atoms with Crippen molar-refractivity contribution < 1.29 is 13.5 Å². The molecule has 36 heavy (non-hydrogen) atoms. The summed E-state index contributed by atoms with van der Waals surface area (Å²) in [6, 6.07) is 19.6. The van der Waals surface area contributed by atoms with Gasteiger partial charge in [-0.3, -0.25) is 9.78 Å². The fourth-order valence-electron chi connectivity index (χ4n) is 3.73. The second kappa shape index (κ2) is 8.88. The summed E-state index contributed by atoms with van der Waals surface area (Å²) in [5.74, 6) is -2.74. The van der Waals surface area contributed by atoms with Crippen LogP contribution in [0.4, 0.5) is 8.78 Å². The first-order valence-corrected chi connectivity index (χ1v) is 10.6. The van der Waals surface area contributed by atoms with E-state index in [0.717, 1.165) is 34.3 Å². The maximum atomic E-state index is 14.9. The molecule has 0 radical (unpaired) electrons. The number of H-pyrrole nitrogens is 1. The van der Waals surface area contributed by atoms with Gasteiger partial charge in [0.2, 0.25) is 5.69 Å². The quantitative estimate of drug-likeness (QED) is 0.406. The van der Waals surface area contributed by atoms with Crippen LogP contribution < -0.4 is 16.0 Å². The van der Waals surface area contributed by atoms with Gasteiger partial charge in [0.25, 0.3) is 5.56 Å². The average Bonchev–Trinajstić information content (AvgIpc) is 2.87. The van der Waals surface area contributed by atoms with Crippen molar-refractivity contribution in [3.05, 3.63) is 110 Å². The van der Waals surface area contributed by atoms with Crippen LogP contribution in [-0.2, 0) is 0 Å². The number of halogens is 2. The van der Waals surface area contributed by atoms with Crippen LogP contribution in [0, 0.1) is 29.9 Å². The Kier molecular flexibility index (Phi) is 5.58. The molecule has 2 heterocycles. The first kappa shape index (κ1) is 22.6. The summed E-state index contributed by atoms with van der Waals surface area (Å²) in [4.78, 5) is 30.1. The SMILES string of the molecule is Cc1cc(-c2ccccc2)nc2ccc(Oc3c(F)cc(-n4nc(C#N)c(=O)[nH]c4=O)cc3F)cc12. The van der Waals surface area contributed by atoms with Gasteiger partial charge in [-0.2, -0.15) is 9.94 Å². The maximum absolute atomic E-state index is 14.9. The third kappa shape index (κ3) is 4.10. The summed E-state index contributed by atoms with van der Waals surface area (Å²) < 4.78 is 35.7. The first-order chi connectivity index (χ1) is 17.3. The zero-order valence-electron chi connectivity index (χ0n) is 18.6. The van der Waals surface area contributed by atoms with Crippen LogP contribution in [0.2, 0.25) is 0 Å². The molecule has 5 rings (SSSR count). The van der Waals surface area contributed by atoms with Gasteiger partial charge in [0, 0.05) is 23.1 Å². The molecule has 2 aromatic heterocycles. The van der Waals surface area contributed by atoms with Gasteiger partial charge in [0.15, 0.2) is 17.4 Å². The number of nitrogens with one attached hydrogen (secondary N) is 1. The normalized spacial score (nSPS) is 10.8. The molecule has 1 N–H and O–H groups in total. The number of aromatic amines is 1. The number of ether oxygens (including phenoxy) is 1. The second-order valence-electron chi connectivity index (χ2n) is 7.84. The minimum absolute atomic E-state index is 0.177. The molecule has 0 amide bonds. The number of nitriles is 1. The zero-order valence-corrected chi connectivity index (χ0v) is 18.6. The second-order valence-corrected chi connectivity index (χ2v) is 7.84. The molecule has 0 aliphatic heterocycles. The highest BCUT2D eigenvalue weighted by Gasteiger charge is 2.18. The number of rotatable bonds is 4. The highest BCUT2D eigenvalue weighted by molar-refractivity contribution is 5.86. The van der Waals surface area contributed by atoms with E-state index >= 15 is 0 Å². The Morgan fingerprint density at radius 1 is 1.00 bits per heavy atom. The largest absolute Gasteiger partial charge is 0.451 e. The molecule has 3 aromatic carbocycles. The Hall–Kier alpha value is -5.17. The van der Waals surface area contributed by atoms with Crippen LogP contribution in [0.1, 0.15) is 11.3 Å². The van der Waals surface area contributed by atoms with Crippen molar-refractivity contribution in [3.63, 3.8) is 0 Å². The van der Waals surface area contributed by atoms with Crippen LogP contribution in [0.3, 0.4) is 0 Å². The smallest absolute Gasteiger partial charge is 0.349 e. The average molecular weight is 483 g/mol. The first-order valence-electron chi connectivity index (χ1n) is 10.6. The number of benzene rings is 3. The Morgan fingerprint density at radius 3 is 2.42 bits per heavy atom. The molecule has 10 heteroatoms. The summed E-state index contributed by atoms with van der Waals surface area (Å²) in [7, 11) is 0. The lowest BCUT2D eigenvalue weighted by Crippen LogP contribution is -2.33. The van der Waals surface area contributed by atoms with Crippen molar-refractivity contribution in [1.82, 2.24) is 19.7 Å². The predicted molar refractivity (Wildman–Crippen MR) is 127 cm³/mol. The Labute approximate surface area is 201 Å². The molecule has 0 saturated heterocycles. The van der Waals surface area contributed by atoms with E-state index in [1.165, 1.54) is 6.07 Å². The molecule has 0 spiro atoms. The summed E-state index contributed by atoms with van der Waals surface area (Å²) in [6.45, 7) is 1.90. The van der Waals surface area contributed by atoms with Gasteiger partial charge in [-0.1, -0.05) is 30.3 Å². The van der Waals surface area contributed by atoms with Crippen molar-refractivity contribution in [2.45, 2.75) is 6.92 Å². The number of aromatic nitrogens is 4. The van der Waals surface area contributed by atoms with Gasteiger partial charge in [-0.25, -0.2) is 18.6 Å². The van der Waals surface area contributed by atoms with Crippen molar-refractivity contribution in [1.29, 1.82) is 5.26 Å². The van der Waals surface area contributed by atoms with Gasteiger partial charge in [-0.15, -0.1) is 5.10 Å². The zero-order chi connectivity index (χ0) is 25.4. The lowest BCUT2D eigenvalue weighted by atomic mass is 10.0. The maximum Gasteiger partial charge on any atom is 0.349 e. The van der Waals surface area contributed by atoms with E-state index in [-0.39, 0.29) is 11.4 Å². The molecule has 0 aliphatic rings. The van der Waals surface area contributed by atoms with Gasteiger partial charge in [-0.05, 0) is 36.8 Å². The lowest BCUT2D eigenvalue weighted by Gasteiger charge is -2.12. The van der Waals surface area contributed by atoms with Crippen LogP contribution in [0.25, 0.3) is 27.8 Å². The van der Waals surface area contributed by atoms with Crippen LogP contribution in [-0.4, -0.2) is 19.7 Å². The number of nitrogens with zero attached hydrogens (tertiary/aromatic N) is 4. The minimum Gasteiger partial charge on any atom is -0.451 e. The number of fused-ring (bicyclic) bond motifs is 1. The Balaban J connectivity index is 1.50. The molecule has 0 atom stereocenters. The van der Waals surface area contributed by atoms with Gasteiger partial charge in [0.1, 0.15) is 11.8 Å². The molecule has 0 unspecified atom stereocenters. The highest BCUT2D eigenvalue weighted by atomic mass is 19.1. The molecule has 176 valence electrons. The van der Waals surface area contributed by atoms with Crippen molar-refractivity contribution in [3.8, 4) is 34.5 Å². The molecule has 0 aliphatic carbocycles. The summed E-state index contributed by atoms with van der Waals surface area (Å²) >= 11 is 0. The third-order valence-corrected chi connectivity index (χ3v) is 5.44. The van der Waals surface area contributed by atoms with Crippen LogP contribution >= 0.6 is 0 Å². The van der Waals surface area contributed by atoms with E-state index in [1.807, 2.05) is 48.3 Å². The number of hydrogen-bond acceptors (Lipinski definition) is 6. The Bertz CT molecular complexity index is 1780. The van der Waals surface area contributed by atoms with Crippen LogP contribution in [0.15, 0.2) is 76.3 Å². The standard InChI is InChI=1S/C26H15F2N5O3/c1-14-9-22(15-5-3-2-4-6-15)30-21-8-7-17(12-18(14)21)36-24-19(27)10-16(11-20(24)28)33-26(35)31-25(34)23(13-29)32-33/h2-12H,1H3,(H,31,34,35). The third-order valence-electron chi connectivity index (χ3n) is 5.44. The fraction of sp³-hybridized carbons (Fsp3) is 0.0385. The molecule has 5 aromatic rings. The van der Waals surface area contributed by atoms with Crippen molar-refractivity contribution in [2.75, 3.05) is 0 Å². The topological polar surface area (TPSA) is 114 Å². The van der Waals surface area contributed by atoms with E-state index in [9.17, 15) is 18.4 Å². The van der Waals surface area contributed by atoms with Crippen molar-refractivity contribution >= 4 is 10.9 Å². The van der Waals surface area contributed by atoms with Crippen LogP contribution in [0.5, 0.6) is 11.5 Å². The van der Waals surface area contributed by atoms with Gasteiger partial charge in [0.05, 0.1) is 16.9 Å². The molecular formula is C26H15F2N5O3. The molecular weight excluding hydrogens is 468 g/mol. The van der Waals surface area contributed by atoms with Gasteiger partial charge < -0.3 is 4.74 Å². The lowest BCUT2D eigenvalue weighted by molar-refractivity contribution is 0.407. The van der Waals surface area contributed by atoms with E-state index in [2.05, 4.69) is 10.1 Å². The summed E-state index contributed by atoms with van der Waals surface area (Å²) in [5, 5.41) is 13.2. The molecule has 0 fully saturated rings. The number of aryl methyl sites for hydroxylation is 1. The van der Waals surface area contributed by atoms with E-state index < -0.39 is 34.3 Å². The summed E-state index contributed by atoms with van der Waals surface area (Å²) in [5.41, 5.74) is 0.327. The van der Waals surface area contributed by atoms with E-state index in [4.69, 9.17) is 10.00 Å². The molecule has 8 nitrogen and oxygen atoms in total. The van der Waals surface area contributed by atoms with Crippen molar-refractivity contribution in [2.24, 2.45) is 0 Å². The van der Waals surface area contributed by atoms with E-state index in [0.29, 0.717) is 10.2 Å². The number of pyridine rings is 1. The summed E-state index contributed by atoms with van der Waals surface area (Å²) in [6.07, 6.45) is 0. The fourth-order valence-corrected chi connectivity index (χ4v) is 3.73. The minimum atomic E-state index is -1.11. The number of hydrogen-bond donors (Lipinski definition) is 1.